The van der Waals surface area contributed by atoms with E-state index in [1.807, 2.05) is 0 Å². The summed E-state index contributed by atoms with van der Waals surface area (Å²) in [7, 11) is -1.86. The topological polar surface area (TPSA) is 81.1 Å². The first-order valence-electron chi connectivity index (χ1n) is 6.93. The number of aryl methyl sites for hydroxylation is 1. The zero-order valence-electron chi connectivity index (χ0n) is 11.7. The summed E-state index contributed by atoms with van der Waals surface area (Å²) in [4.78, 5) is 12.1. The van der Waals surface area contributed by atoms with Crippen LogP contribution in [0.1, 0.15) is 41.7 Å². The average molecular weight is 297 g/mol. The molecule has 0 aromatic carbocycles. The third-order valence-electron chi connectivity index (χ3n) is 4.79. The highest BCUT2D eigenvalue weighted by Crippen LogP contribution is 2.47. The minimum Gasteiger partial charge on any atom is -0.272 e. The van der Waals surface area contributed by atoms with Gasteiger partial charge in [0, 0.05) is 12.7 Å². The fourth-order valence-electron chi connectivity index (χ4n) is 3.55. The van der Waals surface area contributed by atoms with Crippen molar-refractivity contribution in [3.8, 4) is 0 Å². The third-order valence-corrected chi connectivity index (χ3v) is 6.63. The summed E-state index contributed by atoms with van der Waals surface area (Å²) in [5, 5.41) is 3.56. The molecule has 2 fully saturated rings. The third kappa shape index (κ3) is 2.13. The van der Waals surface area contributed by atoms with Crippen molar-refractivity contribution in [3.05, 3.63) is 17.5 Å². The van der Waals surface area contributed by atoms with E-state index in [2.05, 4.69) is 9.82 Å². The van der Waals surface area contributed by atoms with Crippen LogP contribution in [0.4, 0.5) is 0 Å². The Hall–Kier alpha value is -1.37. The number of sulfonamides is 1. The van der Waals surface area contributed by atoms with Gasteiger partial charge in [0.2, 0.25) is 10.0 Å². The van der Waals surface area contributed by atoms with Crippen LogP contribution in [-0.2, 0) is 17.1 Å². The predicted molar refractivity (Wildman–Crippen MR) is 73.6 cm³/mol. The summed E-state index contributed by atoms with van der Waals surface area (Å²) in [6, 6.07) is 0. The Kier molecular flexibility index (Phi) is 3.12. The largest absolute Gasteiger partial charge is 0.272 e. The monoisotopic (exact) mass is 297 g/mol. The minimum atomic E-state index is -3.58. The molecule has 1 N–H and O–H groups in total. The number of hydrogen-bond donors (Lipinski definition) is 1. The van der Waals surface area contributed by atoms with Crippen molar-refractivity contribution in [2.75, 3.05) is 0 Å². The van der Waals surface area contributed by atoms with Gasteiger partial charge in [-0.05, 0) is 38.0 Å². The maximum Gasteiger partial charge on any atom is 0.268 e. The summed E-state index contributed by atoms with van der Waals surface area (Å²) in [6.45, 7) is 1.74. The van der Waals surface area contributed by atoms with E-state index in [0.717, 1.165) is 19.3 Å². The predicted octanol–water partition coefficient (Wildman–Crippen LogP) is 0.977. The molecule has 0 aliphatic heterocycles. The second kappa shape index (κ2) is 4.58. The molecule has 1 amide bonds. The molecular weight excluding hydrogens is 278 g/mol. The number of aromatic nitrogens is 2. The van der Waals surface area contributed by atoms with Gasteiger partial charge in [0.05, 0.1) is 17.0 Å². The maximum absolute atomic E-state index is 12.4. The first-order chi connectivity index (χ1) is 9.38. The van der Waals surface area contributed by atoms with Crippen molar-refractivity contribution in [3.63, 3.8) is 0 Å². The molecule has 2 bridgehead atoms. The molecule has 6 nitrogen and oxygen atoms in total. The Morgan fingerprint density at radius 2 is 2.15 bits per heavy atom. The average Bonchev–Trinajstić information content (AvgIpc) is 3.06. The molecular formula is C13H19N3O3S. The van der Waals surface area contributed by atoms with Crippen molar-refractivity contribution >= 4 is 15.9 Å². The molecule has 3 rings (SSSR count). The Bertz CT molecular complexity index is 650. The van der Waals surface area contributed by atoms with Gasteiger partial charge in [0.15, 0.2) is 0 Å². The highest BCUT2D eigenvalue weighted by Gasteiger charge is 2.46. The highest BCUT2D eigenvalue weighted by atomic mass is 32.2. The van der Waals surface area contributed by atoms with E-state index in [1.54, 1.807) is 18.7 Å². The Labute approximate surface area is 118 Å². The Balaban J connectivity index is 1.77. The lowest BCUT2D eigenvalue weighted by molar-refractivity contribution is 0.0980. The molecule has 2 aliphatic carbocycles. The van der Waals surface area contributed by atoms with Crippen molar-refractivity contribution in [2.24, 2.45) is 18.9 Å². The molecule has 2 saturated carbocycles. The van der Waals surface area contributed by atoms with E-state index in [1.165, 1.54) is 6.20 Å². The molecule has 1 aromatic rings. The molecule has 3 atom stereocenters. The quantitative estimate of drug-likeness (QED) is 0.901. The minimum absolute atomic E-state index is 0.222. The highest BCUT2D eigenvalue weighted by molar-refractivity contribution is 7.90. The van der Waals surface area contributed by atoms with Gasteiger partial charge in [0.1, 0.15) is 0 Å². The van der Waals surface area contributed by atoms with Gasteiger partial charge in [-0.1, -0.05) is 6.42 Å². The Morgan fingerprint density at radius 1 is 1.40 bits per heavy atom. The molecule has 1 unspecified atom stereocenters. The van der Waals surface area contributed by atoms with Gasteiger partial charge in [-0.15, -0.1) is 0 Å². The van der Waals surface area contributed by atoms with Crippen molar-refractivity contribution in [1.82, 2.24) is 14.5 Å². The molecule has 20 heavy (non-hydrogen) atoms. The summed E-state index contributed by atoms with van der Waals surface area (Å²) >= 11 is 0. The van der Waals surface area contributed by atoms with E-state index in [0.29, 0.717) is 23.6 Å². The van der Waals surface area contributed by atoms with Crippen LogP contribution < -0.4 is 4.72 Å². The molecule has 110 valence electrons. The van der Waals surface area contributed by atoms with Crippen molar-refractivity contribution < 1.29 is 13.2 Å². The fourth-order valence-corrected chi connectivity index (χ4v) is 5.35. The number of carbonyl (C=O) groups excluding carboxylic acids is 1. The van der Waals surface area contributed by atoms with Crippen molar-refractivity contribution in [1.29, 1.82) is 0 Å². The van der Waals surface area contributed by atoms with Crippen LogP contribution >= 0.6 is 0 Å². The van der Waals surface area contributed by atoms with Crippen LogP contribution in [0.15, 0.2) is 6.20 Å². The standard InChI is InChI=1S/C13H19N3O3S/c1-8-11(7-14-16(8)2)13(17)15-20(18,19)12-6-9-3-4-10(12)5-9/h7,9-10,12H,3-6H2,1-2H3,(H,15,17)/t9-,10+,12?/m1/s1. The lowest BCUT2D eigenvalue weighted by Crippen LogP contribution is -2.40. The zero-order chi connectivity index (χ0) is 14.5. The van der Waals surface area contributed by atoms with Crippen LogP contribution in [-0.4, -0.2) is 29.4 Å². The number of amides is 1. The van der Waals surface area contributed by atoms with E-state index in [-0.39, 0.29) is 5.92 Å². The van der Waals surface area contributed by atoms with E-state index >= 15 is 0 Å². The Morgan fingerprint density at radius 3 is 2.65 bits per heavy atom. The van der Waals surface area contributed by atoms with E-state index in [4.69, 9.17) is 0 Å². The number of rotatable bonds is 3. The van der Waals surface area contributed by atoms with E-state index < -0.39 is 21.2 Å². The molecule has 0 spiro atoms. The summed E-state index contributed by atoms with van der Waals surface area (Å²) in [6.07, 6.45) is 5.19. The molecule has 1 aromatic heterocycles. The molecule has 0 radical (unpaired) electrons. The second-order valence-corrected chi connectivity index (χ2v) is 7.86. The lowest BCUT2D eigenvalue weighted by Gasteiger charge is -2.21. The summed E-state index contributed by atoms with van der Waals surface area (Å²) in [5.41, 5.74) is 0.977. The molecule has 0 saturated heterocycles. The lowest BCUT2D eigenvalue weighted by atomic mass is 10.0. The van der Waals surface area contributed by atoms with Gasteiger partial charge >= 0.3 is 0 Å². The summed E-state index contributed by atoms with van der Waals surface area (Å²) in [5.74, 6) is 0.176. The van der Waals surface area contributed by atoms with Crippen LogP contribution in [0.3, 0.4) is 0 Å². The molecule has 7 heteroatoms. The van der Waals surface area contributed by atoms with Crippen LogP contribution in [0.25, 0.3) is 0 Å². The van der Waals surface area contributed by atoms with Gasteiger partial charge < -0.3 is 0 Å². The maximum atomic E-state index is 12.4. The van der Waals surface area contributed by atoms with Crippen LogP contribution in [0, 0.1) is 18.8 Å². The van der Waals surface area contributed by atoms with Gasteiger partial charge in [-0.2, -0.15) is 5.10 Å². The SMILES string of the molecule is Cc1c(C(=O)NS(=O)(=O)C2C[C@@H]3CC[C@H]2C3)cnn1C. The molecule has 1 heterocycles. The number of hydrogen-bond acceptors (Lipinski definition) is 4. The first-order valence-corrected chi connectivity index (χ1v) is 8.47. The van der Waals surface area contributed by atoms with E-state index in [9.17, 15) is 13.2 Å². The zero-order valence-corrected chi connectivity index (χ0v) is 12.5. The second-order valence-electron chi connectivity index (χ2n) is 5.96. The smallest absolute Gasteiger partial charge is 0.268 e. The van der Waals surface area contributed by atoms with Gasteiger partial charge in [-0.3, -0.25) is 9.48 Å². The van der Waals surface area contributed by atoms with Crippen molar-refractivity contribution in [2.45, 2.75) is 37.9 Å². The summed E-state index contributed by atoms with van der Waals surface area (Å²) < 4.78 is 28.5. The number of nitrogens with zero attached hydrogens (tertiary/aromatic N) is 2. The molecule has 2 aliphatic rings. The number of carbonyl (C=O) groups is 1. The van der Waals surface area contributed by atoms with Gasteiger partial charge in [0.25, 0.3) is 5.91 Å². The van der Waals surface area contributed by atoms with Crippen LogP contribution in [0.2, 0.25) is 0 Å². The number of nitrogens with one attached hydrogen (secondary N) is 1. The first kappa shape index (κ1) is 13.6. The van der Waals surface area contributed by atoms with Crippen LogP contribution in [0.5, 0.6) is 0 Å². The fraction of sp³-hybridized carbons (Fsp3) is 0.692. The van der Waals surface area contributed by atoms with Gasteiger partial charge in [-0.25, -0.2) is 13.1 Å². The number of fused-ring (bicyclic) bond motifs is 2. The normalized spacial score (nSPS) is 28.8.